The van der Waals surface area contributed by atoms with Crippen molar-refractivity contribution in [3.8, 4) is 33.4 Å². The topological polar surface area (TPSA) is 36.8 Å². The molecule has 0 fully saturated rings. The van der Waals surface area contributed by atoms with Crippen LogP contribution in [0.4, 0.5) is 0 Å². The van der Waals surface area contributed by atoms with Gasteiger partial charge in [0.15, 0.2) is 5.84 Å². The summed E-state index contributed by atoms with van der Waals surface area (Å²) < 4.78 is 0. The molecule has 1 aliphatic heterocycles. The standard InChI is InChI=1S/C64H45N3/c1-5-19-42(20-6-1)61-65-62(43-21-7-2-8-22-43)67-63(66-61)47-24-17-23-46(39-47)50-32-18-33-54-51-29-13-14-30-52(51)56-40-44(35-37-55(56)60(50)54)45-36-38-59-57(41-45)53-31-15-16-34-58(53)64(59,48-25-9-3-10-26-48)49-27-11-4-12-28-49/h1-11,13-27,29-41,61H,12,28H2,(H,65,66,67). The second-order valence-corrected chi connectivity index (χ2v) is 17.9. The van der Waals surface area contributed by atoms with E-state index in [0.717, 1.165) is 40.9 Å². The van der Waals surface area contributed by atoms with Crippen molar-refractivity contribution in [2.45, 2.75) is 24.4 Å². The van der Waals surface area contributed by atoms with E-state index in [1.54, 1.807) is 0 Å². The van der Waals surface area contributed by atoms with Gasteiger partial charge in [0.1, 0.15) is 12.0 Å². The van der Waals surface area contributed by atoms with Crippen LogP contribution in [0.5, 0.6) is 0 Å². The molecule has 0 saturated heterocycles. The van der Waals surface area contributed by atoms with Crippen LogP contribution in [0.15, 0.2) is 252 Å². The molecule has 0 amide bonds. The molecule has 0 radical (unpaired) electrons. The lowest BCUT2D eigenvalue weighted by Gasteiger charge is -2.36. The largest absolute Gasteiger partial charge is 0.344 e. The van der Waals surface area contributed by atoms with E-state index < -0.39 is 0 Å². The Kier molecular flexibility index (Phi) is 9.28. The zero-order valence-electron chi connectivity index (χ0n) is 36.9. The van der Waals surface area contributed by atoms with E-state index in [1.807, 2.05) is 12.1 Å². The van der Waals surface area contributed by atoms with Crippen molar-refractivity contribution in [1.29, 1.82) is 0 Å². The minimum atomic E-state index is -0.344. The Hall–Kier alpha value is -8.40. The normalized spacial score (nSPS) is 17.4. The molecule has 2 aliphatic carbocycles. The Labute approximate surface area is 390 Å². The maximum atomic E-state index is 5.22. The lowest BCUT2D eigenvalue weighted by Crippen LogP contribution is -2.33. The lowest BCUT2D eigenvalue weighted by atomic mass is 9.65. The summed E-state index contributed by atoms with van der Waals surface area (Å²) in [6.45, 7) is 0. The first-order valence-corrected chi connectivity index (χ1v) is 23.4. The Morgan fingerprint density at radius 1 is 0.448 bits per heavy atom. The highest BCUT2D eigenvalue weighted by atomic mass is 15.2. The summed E-state index contributed by atoms with van der Waals surface area (Å²) in [4.78, 5) is 10.4. The fourth-order valence-corrected chi connectivity index (χ4v) is 11.3. The number of fused-ring (bicyclic) bond motifs is 9. The van der Waals surface area contributed by atoms with Gasteiger partial charge in [-0.05, 0) is 119 Å². The average molecular weight is 856 g/mol. The van der Waals surface area contributed by atoms with Crippen LogP contribution in [0.1, 0.15) is 52.4 Å². The minimum Gasteiger partial charge on any atom is -0.344 e. The van der Waals surface area contributed by atoms with Crippen LogP contribution in [0, 0.1) is 0 Å². The van der Waals surface area contributed by atoms with Crippen molar-refractivity contribution in [1.82, 2.24) is 5.32 Å². The summed E-state index contributed by atoms with van der Waals surface area (Å²) in [7, 11) is 0. The Bertz CT molecular complexity index is 3710. The van der Waals surface area contributed by atoms with Gasteiger partial charge in [-0.2, -0.15) is 0 Å². The van der Waals surface area contributed by atoms with Crippen LogP contribution in [0.3, 0.4) is 0 Å². The minimum absolute atomic E-state index is 0.270. The van der Waals surface area contributed by atoms with Gasteiger partial charge < -0.3 is 5.32 Å². The molecule has 2 atom stereocenters. The third-order valence-corrected chi connectivity index (χ3v) is 14.3. The molecule has 316 valence electrons. The van der Waals surface area contributed by atoms with Crippen molar-refractivity contribution < 1.29 is 0 Å². The Balaban J connectivity index is 0.963. The summed E-state index contributed by atoms with van der Waals surface area (Å²) in [5.74, 6) is 1.52. The van der Waals surface area contributed by atoms with Gasteiger partial charge in [0, 0.05) is 11.1 Å². The van der Waals surface area contributed by atoms with Gasteiger partial charge in [0.25, 0.3) is 0 Å². The smallest absolute Gasteiger partial charge is 0.159 e. The highest BCUT2D eigenvalue weighted by Crippen LogP contribution is 2.58. The molecule has 10 aromatic carbocycles. The lowest BCUT2D eigenvalue weighted by molar-refractivity contribution is 0.674. The number of hydrogen-bond donors (Lipinski definition) is 1. The molecule has 1 N–H and O–H groups in total. The zero-order valence-corrected chi connectivity index (χ0v) is 36.9. The van der Waals surface area contributed by atoms with E-state index in [1.165, 1.54) is 82.4 Å². The second-order valence-electron chi connectivity index (χ2n) is 17.9. The fraction of sp³-hybridized carbons (Fsp3) is 0.0625. The van der Waals surface area contributed by atoms with E-state index in [4.69, 9.17) is 9.98 Å². The van der Waals surface area contributed by atoms with Gasteiger partial charge in [-0.1, -0.05) is 224 Å². The number of aliphatic imine (C=N–C) groups is 2. The summed E-state index contributed by atoms with van der Waals surface area (Å²) >= 11 is 0. The van der Waals surface area contributed by atoms with E-state index in [0.29, 0.717) is 5.84 Å². The molecule has 67 heavy (non-hydrogen) atoms. The van der Waals surface area contributed by atoms with Crippen LogP contribution < -0.4 is 5.32 Å². The molecule has 10 aromatic rings. The number of amidine groups is 2. The third kappa shape index (κ3) is 6.34. The SMILES string of the molecule is C1=CCCC(C2(c3ccccc3)c3ccccc3-c3cc(-c4ccc5c(c4)c4ccccc4c4cccc(-c6cccc(C7=NC(c8ccccc8)NC(c8ccccc8)=N7)c6)c45)ccc32)=C1. The first kappa shape index (κ1) is 39.0. The number of allylic oxidation sites excluding steroid dienone is 4. The van der Waals surface area contributed by atoms with E-state index >= 15 is 0 Å². The summed E-state index contributed by atoms with van der Waals surface area (Å²) in [6.07, 6.45) is 8.73. The Morgan fingerprint density at radius 2 is 1.07 bits per heavy atom. The molecule has 3 aliphatic rings. The maximum Gasteiger partial charge on any atom is 0.159 e. The van der Waals surface area contributed by atoms with Crippen molar-refractivity contribution in [3.05, 3.63) is 276 Å². The fourth-order valence-electron chi connectivity index (χ4n) is 11.3. The van der Waals surface area contributed by atoms with Crippen molar-refractivity contribution in [2.75, 3.05) is 0 Å². The van der Waals surface area contributed by atoms with Crippen LogP contribution in [0.2, 0.25) is 0 Å². The second kappa shape index (κ2) is 15.9. The van der Waals surface area contributed by atoms with Gasteiger partial charge in [0.05, 0.1) is 5.41 Å². The van der Waals surface area contributed by atoms with Crippen molar-refractivity contribution in [2.24, 2.45) is 9.98 Å². The molecule has 0 bridgehead atoms. The van der Waals surface area contributed by atoms with Gasteiger partial charge in [0.2, 0.25) is 0 Å². The van der Waals surface area contributed by atoms with Gasteiger partial charge in [-0.15, -0.1) is 0 Å². The van der Waals surface area contributed by atoms with Crippen molar-refractivity contribution >= 4 is 44.0 Å². The number of nitrogens with one attached hydrogen (secondary N) is 1. The summed E-state index contributed by atoms with van der Waals surface area (Å²) in [5, 5.41) is 11.1. The number of nitrogens with zero attached hydrogens (tertiary/aromatic N) is 2. The molecule has 3 heteroatoms. The molecule has 0 aromatic heterocycles. The first-order valence-electron chi connectivity index (χ1n) is 23.4. The number of benzene rings is 10. The summed E-state index contributed by atoms with van der Waals surface area (Å²) in [6, 6.07) is 79.8. The molecular formula is C64H45N3. The molecule has 1 heterocycles. The van der Waals surface area contributed by atoms with Crippen LogP contribution >= 0.6 is 0 Å². The highest BCUT2D eigenvalue weighted by molar-refractivity contribution is 6.29. The average Bonchev–Trinajstić information content (AvgIpc) is 3.72. The van der Waals surface area contributed by atoms with E-state index in [2.05, 4.69) is 230 Å². The van der Waals surface area contributed by atoms with Crippen LogP contribution in [-0.4, -0.2) is 11.7 Å². The van der Waals surface area contributed by atoms with Gasteiger partial charge in [-0.25, -0.2) is 9.98 Å². The molecular weight excluding hydrogens is 811 g/mol. The quantitative estimate of drug-likeness (QED) is 0.159. The monoisotopic (exact) mass is 855 g/mol. The predicted octanol–water partition coefficient (Wildman–Crippen LogP) is 15.6. The zero-order chi connectivity index (χ0) is 44.3. The van der Waals surface area contributed by atoms with Crippen LogP contribution in [-0.2, 0) is 5.41 Å². The summed E-state index contributed by atoms with van der Waals surface area (Å²) in [5.41, 5.74) is 15.6. The molecule has 0 spiro atoms. The van der Waals surface area contributed by atoms with E-state index in [9.17, 15) is 0 Å². The number of hydrogen-bond acceptors (Lipinski definition) is 3. The maximum absolute atomic E-state index is 5.22. The first-order chi connectivity index (χ1) is 33.2. The van der Waals surface area contributed by atoms with Crippen LogP contribution in [0.25, 0.3) is 65.7 Å². The van der Waals surface area contributed by atoms with Gasteiger partial charge >= 0.3 is 0 Å². The molecule has 2 unspecified atom stereocenters. The Morgan fingerprint density at radius 3 is 1.90 bits per heavy atom. The third-order valence-electron chi connectivity index (χ3n) is 14.3. The molecule has 0 saturated carbocycles. The molecule has 3 nitrogen and oxygen atoms in total. The predicted molar refractivity (Wildman–Crippen MR) is 280 cm³/mol. The molecule has 13 rings (SSSR count). The van der Waals surface area contributed by atoms with Gasteiger partial charge in [-0.3, -0.25) is 0 Å². The number of rotatable bonds is 7. The van der Waals surface area contributed by atoms with E-state index in [-0.39, 0.29) is 11.6 Å². The highest BCUT2D eigenvalue weighted by Gasteiger charge is 2.47. The van der Waals surface area contributed by atoms with Crippen molar-refractivity contribution in [3.63, 3.8) is 0 Å².